The van der Waals surface area contributed by atoms with Crippen LogP contribution in [0.3, 0.4) is 0 Å². The van der Waals surface area contributed by atoms with Crippen LogP contribution in [0.1, 0.15) is 13.3 Å². The first-order valence-electron chi connectivity index (χ1n) is 5.19. The fourth-order valence-electron chi connectivity index (χ4n) is 1.04. The van der Waals surface area contributed by atoms with E-state index in [2.05, 4.69) is 5.32 Å². The van der Waals surface area contributed by atoms with Crippen LogP contribution < -0.4 is 11.1 Å². The van der Waals surface area contributed by atoms with Gasteiger partial charge in [-0.1, -0.05) is 6.92 Å². The zero-order valence-corrected chi connectivity index (χ0v) is 10.4. The van der Waals surface area contributed by atoms with E-state index in [1.807, 2.05) is 6.92 Å². The number of hydrogen-bond acceptors (Lipinski definition) is 3. The molecule has 2 atom stereocenters. The molecule has 4 nitrogen and oxygen atoms in total. The largest absolute Gasteiger partial charge is 0.393 e. The summed E-state index contributed by atoms with van der Waals surface area (Å²) in [4.78, 5) is 11.1. The van der Waals surface area contributed by atoms with Crippen LogP contribution in [0.2, 0.25) is 0 Å². The fraction of sp³-hybridized carbons (Fsp3) is 0.889. The van der Waals surface area contributed by atoms with Gasteiger partial charge in [0.15, 0.2) is 0 Å². The lowest BCUT2D eigenvalue weighted by atomic mass is 10.2. The summed E-state index contributed by atoms with van der Waals surface area (Å²) in [6.07, 6.45) is -3.75. The topological polar surface area (TPSA) is 72.2 Å². The third kappa shape index (κ3) is 7.32. The average Bonchev–Trinajstić information content (AvgIpc) is 2.21. The van der Waals surface area contributed by atoms with E-state index in [1.54, 1.807) is 0 Å². The lowest BCUT2D eigenvalue weighted by molar-refractivity contribution is -0.165. The number of hydrogen-bond donors (Lipinski definition) is 2. The van der Waals surface area contributed by atoms with Crippen molar-refractivity contribution in [3.63, 3.8) is 0 Å². The number of carbonyl (C=O) groups is 1. The van der Waals surface area contributed by atoms with E-state index in [0.717, 1.165) is 0 Å². The van der Waals surface area contributed by atoms with Gasteiger partial charge < -0.3 is 11.1 Å². The molecule has 0 radical (unpaired) electrons. The highest BCUT2D eigenvalue weighted by atomic mass is 32.2. The van der Waals surface area contributed by atoms with Crippen LogP contribution >= 0.6 is 0 Å². The maximum atomic E-state index is 12.3. The number of amides is 1. The first-order valence-corrected chi connectivity index (χ1v) is 6.68. The Labute approximate surface area is 101 Å². The Kier molecular flexibility index (Phi) is 7.37. The van der Waals surface area contributed by atoms with Crippen LogP contribution in [-0.4, -0.2) is 40.9 Å². The van der Waals surface area contributed by atoms with E-state index in [4.69, 9.17) is 5.73 Å². The lowest BCUT2D eigenvalue weighted by Crippen LogP contribution is -2.37. The molecule has 102 valence electrons. The number of carbonyl (C=O) groups excluding carboxylic acids is 1. The van der Waals surface area contributed by atoms with Crippen molar-refractivity contribution in [2.75, 3.05) is 24.6 Å². The Hall–Kier alpha value is -0.630. The summed E-state index contributed by atoms with van der Waals surface area (Å²) in [7, 11) is -1.84. The van der Waals surface area contributed by atoms with E-state index in [0.29, 0.717) is 13.0 Å². The molecule has 0 spiro atoms. The molecule has 0 heterocycles. The van der Waals surface area contributed by atoms with Crippen LogP contribution in [0.5, 0.6) is 0 Å². The second-order valence-corrected chi connectivity index (χ2v) is 5.08. The van der Waals surface area contributed by atoms with Crippen molar-refractivity contribution in [1.82, 2.24) is 5.32 Å². The van der Waals surface area contributed by atoms with Gasteiger partial charge in [0.2, 0.25) is 5.91 Å². The molecular weight excluding hydrogens is 257 g/mol. The number of nitrogens with two attached hydrogens (primary N) is 1. The van der Waals surface area contributed by atoms with Crippen LogP contribution in [-0.2, 0) is 15.6 Å². The van der Waals surface area contributed by atoms with Crippen LogP contribution in [0, 0.1) is 5.92 Å². The minimum absolute atomic E-state index is 0.410. The van der Waals surface area contributed by atoms with Gasteiger partial charge in [0, 0.05) is 29.6 Å². The molecule has 17 heavy (non-hydrogen) atoms. The van der Waals surface area contributed by atoms with Crippen LogP contribution in [0.25, 0.3) is 0 Å². The van der Waals surface area contributed by atoms with Gasteiger partial charge in [0.05, 0.1) is 5.92 Å². The molecule has 0 aromatic carbocycles. The van der Waals surface area contributed by atoms with Gasteiger partial charge in [-0.2, -0.15) is 13.2 Å². The molecule has 3 N–H and O–H groups in total. The number of rotatable bonds is 7. The molecule has 0 aliphatic carbocycles. The molecule has 0 aromatic rings. The van der Waals surface area contributed by atoms with Gasteiger partial charge in [0.25, 0.3) is 0 Å². The predicted octanol–water partition coefficient (Wildman–Crippen LogP) is 0.398. The Bertz CT molecular complexity index is 271. The highest BCUT2D eigenvalue weighted by Crippen LogP contribution is 2.25. The molecule has 0 aromatic heterocycles. The zero-order chi connectivity index (χ0) is 13.5. The first-order chi connectivity index (χ1) is 7.81. The summed E-state index contributed by atoms with van der Waals surface area (Å²) in [5, 5.41) is 2.45. The minimum atomic E-state index is -4.47. The molecule has 8 heteroatoms. The Morgan fingerprint density at radius 3 is 2.47 bits per heavy atom. The standard InChI is InChI=1S/C9H17F3N2O2S/c1-2-3-14-8(15)6-17(16)5-7(4-13)9(10,11)12/h7H,2-6,13H2,1H3,(H,14,15). The summed E-state index contributed by atoms with van der Waals surface area (Å²) in [5.41, 5.74) is 4.96. The van der Waals surface area contributed by atoms with Crippen molar-refractivity contribution in [2.24, 2.45) is 11.7 Å². The van der Waals surface area contributed by atoms with Crippen molar-refractivity contribution < 1.29 is 22.2 Å². The molecule has 0 aliphatic heterocycles. The smallest absolute Gasteiger partial charge is 0.355 e. The molecule has 0 saturated carbocycles. The third-order valence-corrected chi connectivity index (χ3v) is 3.36. The molecule has 1 amide bonds. The van der Waals surface area contributed by atoms with Gasteiger partial charge in [0.1, 0.15) is 5.75 Å². The van der Waals surface area contributed by atoms with Crippen LogP contribution in [0.4, 0.5) is 13.2 Å². The minimum Gasteiger partial charge on any atom is -0.355 e. The van der Waals surface area contributed by atoms with Crippen molar-refractivity contribution in [3.05, 3.63) is 0 Å². The van der Waals surface area contributed by atoms with Gasteiger partial charge in [-0.15, -0.1) is 0 Å². The summed E-state index contributed by atoms with van der Waals surface area (Å²) >= 11 is 0. The Balaban J connectivity index is 4.12. The molecule has 0 bridgehead atoms. The van der Waals surface area contributed by atoms with Crippen molar-refractivity contribution in [3.8, 4) is 0 Å². The summed E-state index contributed by atoms with van der Waals surface area (Å²) in [6.45, 7) is 1.65. The predicted molar refractivity (Wildman–Crippen MR) is 59.8 cm³/mol. The fourth-order valence-corrected chi connectivity index (χ4v) is 2.33. The molecule has 0 saturated heterocycles. The lowest BCUT2D eigenvalue weighted by Gasteiger charge is -2.17. The molecule has 0 aliphatic rings. The maximum absolute atomic E-state index is 12.3. The average molecular weight is 274 g/mol. The first kappa shape index (κ1) is 16.4. The summed E-state index contributed by atoms with van der Waals surface area (Å²) in [5.74, 6) is -3.35. The van der Waals surface area contributed by atoms with E-state index >= 15 is 0 Å². The van der Waals surface area contributed by atoms with Crippen molar-refractivity contribution in [2.45, 2.75) is 19.5 Å². The van der Waals surface area contributed by atoms with Gasteiger partial charge in [-0.05, 0) is 6.42 Å². The van der Waals surface area contributed by atoms with Crippen molar-refractivity contribution >= 4 is 16.7 Å². The van der Waals surface area contributed by atoms with E-state index in [9.17, 15) is 22.2 Å². The number of halogens is 3. The highest BCUT2D eigenvalue weighted by molar-refractivity contribution is 7.85. The third-order valence-electron chi connectivity index (χ3n) is 2.00. The molecule has 2 unspecified atom stereocenters. The SMILES string of the molecule is CCCNC(=O)CS(=O)CC(CN)C(F)(F)F. The monoisotopic (exact) mass is 274 g/mol. The van der Waals surface area contributed by atoms with Gasteiger partial charge >= 0.3 is 6.18 Å². The number of nitrogens with one attached hydrogen (secondary N) is 1. The Morgan fingerprint density at radius 2 is 2.06 bits per heavy atom. The molecule has 0 fully saturated rings. The van der Waals surface area contributed by atoms with E-state index in [1.165, 1.54) is 0 Å². The van der Waals surface area contributed by atoms with Gasteiger partial charge in [-0.3, -0.25) is 9.00 Å². The molecular formula is C9H17F3N2O2S. The second-order valence-electron chi connectivity index (χ2n) is 3.58. The normalized spacial score (nSPS) is 15.4. The van der Waals surface area contributed by atoms with E-state index < -0.39 is 46.9 Å². The van der Waals surface area contributed by atoms with Gasteiger partial charge in [-0.25, -0.2) is 0 Å². The number of alkyl halides is 3. The second kappa shape index (κ2) is 7.65. The Morgan fingerprint density at radius 1 is 1.47 bits per heavy atom. The quantitative estimate of drug-likeness (QED) is 0.706. The zero-order valence-electron chi connectivity index (χ0n) is 9.55. The van der Waals surface area contributed by atoms with E-state index in [-0.39, 0.29) is 0 Å². The summed E-state index contributed by atoms with van der Waals surface area (Å²) in [6, 6.07) is 0. The highest BCUT2D eigenvalue weighted by Gasteiger charge is 2.39. The van der Waals surface area contributed by atoms with Crippen LogP contribution in [0.15, 0.2) is 0 Å². The maximum Gasteiger partial charge on any atom is 0.393 e. The summed E-state index contributed by atoms with van der Waals surface area (Å²) < 4.78 is 48.2. The molecule has 0 rings (SSSR count). The van der Waals surface area contributed by atoms with Crippen molar-refractivity contribution in [1.29, 1.82) is 0 Å².